The Morgan fingerprint density at radius 1 is 1.21 bits per heavy atom. The van der Waals surface area contributed by atoms with E-state index in [1.807, 2.05) is 0 Å². The second kappa shape index (κ2) is 10.6. The fourth-order valence-electron chi connectivity index (χ4n) is 4.74. The normalized spacial score (nSPS) is 18.0. The Morgan fingerprint density at radius 3 is 2.62 bits per heavy atom. The average Bonchev–Trinajstić information content (AvgIpc) is 3.30. The number of pyridine rings is 2. The predicted molar refractivity (Wildman–Crippen MR) is 143 cm³/mol. The van der Waals surface area contributed by atoms with Crippen LogP contribution in [0.5, 0.6) is 11.5 Å². The molecule has 5 rings (SSSR count). The summed E-state index contributed by atoms with van der Waals surface area (Å²) in [6.45, 7) is 0.155. The van der Waals surface area contributed by atoms with Crippen LogP contribution in [0.15, 0.2) is 65.9 Å². The lowest BCUT2D eigenvalue weighted by Gasteiger charge is -2.31. The lowest BCUT2D eigenvalue weighted by molar-refractivity contribution is -0.265. The number of rotatable bonds is 7. The quantitative estimate of drug-likeness (QED) is 0.124. The van der Waals surface area contributed by atoms with Crippen LogP contribution in [0.3, 0.4) is 0 Å². The Kier molecular flexibility index (Phi) is 7.23. The van der Waals surface area contributed by atoms with Gasteiger partial charge in [0.15, 0.2) is 0 Å². The summed E-state index contributed by atoms with van der Waals surface area (Å²) in [7, 11) is 1.37. The number of aliphatic hydroxyl groups is 1. The lowest BCUT2D eigenvalue weighted by atomic mass is 9.83. The number of alkyl halides is 3. The third-order valence-electron chi connectivity index (χ3n) is 7.11. The first-order chi connectivity index (χ1) is 19.9. The highest BCUT2D eigenvalue weighted by atomic mass is 19.4. The van der Waals surface area contributed by atoms with Crippen molar-refractivity contribution < 1.29 is 42.1 Å². The monoisotopic (exact) mass is 584 g/mol. The molecule has 2 aromatic heterocycles. The second-order valence-electron chi connectivity index (χ2n) is 9.98. The van der Waals surface area contributed by atoms with Crippen molar-refractivity contribution in [3.8, 4) is 22.8 Å². The van der Waals surface area contributed by atoms with E-state index in [1.54, 1.807) is 19.1 Å². The highest BCUT2D eigenvalue weighted by Crippen LogP contribution is 2.47. The fourth-order valence-corrected chi connectivity index (χ4v) is 4.74. The third kappa shape index (κ3) is 4.96. The van der Waals surface area contributed by atoms with Crippen LogP contribution in [0, 0.1) is 5.82 Å². The topological polar surface area (TPSA) is 126 Å². The number of hydrogen-bond donors (Lipinski definition) is 3. The predicted octanol–water partition coefficient (Wildman–Crippen LogP) is 4.73. The number of methoxy groups -OCH3 is 1. The van der Waals surface area contributed by atoms with Crippen molar-refractivity contribution in [2.75, 3.05) is 20.3 Å². The van der Waals surface area contributed by atoms with Gasteiger partial charge in [0.2, 0.25) is 5.60 Å². The molecular formula is C29H24F4N4O5. The highest BCUT2D eigenvalue weighted by molar-refractivity contribution is 6.00. The van der Waals surface area contributed by atoms with Crippen molar-refractivity contribution in [3.05, 3.63) is 83.4 Å². The Balaban J connectivity index is 1.58. The van der Waals surface area contributed by atoms with Gasteiger partial charge in [-0.25, -0.2) is 9.37 Å². The fraction of sp³-hybridized carbons (Fsp3) is 0.241. The number of aromatic nitrogens is 2. The maximum absolute atomic E-state index is 14.6. The minimum atomic E-state index is -5.31. The van der Waals surface area contributed by atoms with Gasteiger partial charge in [0.1, 0.15) is 35.1 Å². The van der Waals surface area contributed by atoms with Crippen molar-refractivity contribution in [1.29, 1.82) is 0 Å². The SMILES string of the molecule is COc1cc(C(=O)NCC(O)(c2cc3c(c(-c4ccc(F)cc4)n2)OC[C@]3(C)/C=N/O)C(F)(F)F)cc2cccnc12. The van der Waals surface area contributed by atoms with E-state index >= 15 is 0 Å². The third-order valence-corrected chi connectivity index (χ3v) is 7.11. The Hall–Kier alpha value is -4.78. The summed E-state index contributed by atoms with van der Waals surface area (Å²) in [6.07, 6.45) is -2.69. The van der Waals surface area contributed by atoms with Crippen molar-refractivity contribution in [2.24, 2.45) is 5.16 Å². The molecule has 0 spiro atoms. The maximum Gasteiger partial charge on any atom is 0.424 e. The number of fused-ring (bicyclic) bond motifs is 2. The maximum atomic E-state index is 14.6. The largest absolute Gasteiger partial charge is 0.494 e. The molecule has 0 fully saturated rings. The van der Waals surface area contributed by atoms with Gasteiger partial charge in [0, 0.05) is 28.3 Å². The van der Waals surface area contributed by atoms with Crippen LogP contribution in [0.2, 0.25) is 0 Å². The molecule has 0 aliphatic carbocycles. The summed E-state index contributed by atoms with van der Waals surface area (Å²) in [4.78, 5) is 21.4. The van der Waals surface area contributed by atoms with Crippen molar-refractivity contribution >= 4 is 23.0 Å². The number of halogens is 4. The molecule has 42 heavy (non-hydrogen) atoms. The molecule has 13 heteroatoms. The first kappa shape index (κ1) is 28.7. The van der Waals surface area contributed by atoms with Gasteiger partial charge < -0.3 is 25.1 Å². The van der Waals surface area contributed by atoms with E-state index in [4.69, 9.17) is 9.47 Å². The molecule has 2 aromatic carbocycles. The van der Waals surface area contributed by atoms with E-state index in [2.05, 4.69) is 20.4 Å². The number of amides is 1. The molecule has 218 valence electrons. The zero-order valence-corrected chi connectivity index (χ0v) is 22.2. The van der Waals surface area contributed by atoms with E-state index in [1.165, 1.54) is 37.6 Å². The number of carbonyl (C=O) groups is 1. The van der Waals surface area contributed by atoms with Crippen LogP contribution in [0.4, 0.5) is 17.6 Å². The summed E-state index contributed by atoms with van der Waals surface area (Å²) < 4.78 is 68.6. The van der Waals surface area contributed by atoms with Crippen LogP contribution in [-0.4, -0.2) is 58.8 Å². The number of carbonyl (C=O) groups excluding carboxylic acids is 1. The number of nitrogens with zero attached hydrogens (tertiary/aromatic N) is 3. The molecule has 9 nitrogen and oxygen atoms in total. The second-order valence-corrected chi connectivity index (χ2v) is 9.98. The molecule has 3 heterocycles. The van der Waals surface area contributed by atoms with Gasteiger partial charge in [-0.2, -0.15) is 13.2 Å². The Morgan fingerprint density at radius 2 is 1.95 bits per heavy atom. The van der Waals surface area contributed by atoms with Crippen molar-refractivity contribution in [2.45, 2.75) is 24.1 Å². The average molecular weight is 585 g/mol. The van der Waals surface area contributed by atoms with Crippen molar-refractivity contribution in [1.82, 2.24) is 15.3 Å². The first-order valence-electron chi connectivity index (χ1n) is 12.5. The molecule has 0 saturated carbocycles. The van der Waals surface area contributed by atoms with Crippen LogP contribution in [0.25, 0.3) is 22.2 Å². The van der Waals surface area contributed by atoms with Gasteiger partial charge >= 0.3 is 6.18 Å². The summed E-state index contributed by atoms with van der Waals surface area (Å²) in [6, 6.07) is 11.9. The first-order valence-corrected chi connectivity index (χ1v) is 12.5. The van der Waals surface area contributed by atoms with E-state index in [0.29, 0.717) is 10.9 Å². The number of nitrogens with one attached hydrogen (secondary N) is 1. The van der Waals surface area contributed by atoms with E-state index < -0.39 is 41.2 Å². The molecule has 1 amide bonds. The molecule has 2 atom stereocenters. The summed E-state index contributed by atoms with van der Waals surface area (Å²) >= 11 is 0. The zero-order valence-electron chi connectivity index (χ0n) is 22.2. The standard InChI is InChI=1S/C29H24F4N4O5/c1-27(13-36-40)15-42-25-20(27)12-22(37-24(25)16-5-7-19(30)8-6-16)28(39,29(31,32)33)14-35-26(38)18-10-17-4-3-9-34-23(17)21(11-18)41-2/h3-13,39-40H,14-15H2,1-2H3,(H,35,38)/b36-13+/t27-,28?/m0/s1. The van der Waals surface area contributed by atoms with Crippen LogP contribution < -0.4 is 14.8 Å². The number of oxime groups is 1. The van der Waals surface area contributed by atoms with E-state index in [-0.39, 0.29) is 40.5 Å². The Bertz CT molecular complexity index is 1700. The van der Waals surface area contributed by atoms with Crippen LogP contribution in [0.1, 0.15) is 28.5 Å². The van der Waals surface area contributed by atoms with E-state index in [0.717, 1.165) is 24.4 Å². The molecule has 0 radical (unpaired) electrons. The molecule has 1 aliphatic heterocycles. The van der Waals surface area contributed by atoms with Crippen molar-refractivity contribution in [3.63, 3.8) is 0 Å². The van der Waals surface area contributed by atoms with Gasteiger partial charge in [0.25, 0.3) is 5.91 Å². The van der Waals surface area contributed by atoms with Gasteiger partial charge in [-0.05, 0) is 55.5 Å². The molecular weight excluding hydrogens is 560 g/mol. The highest BCUT2D eigenvalue weighted by Gasteiger charge is 2.57. The summed E-state index contributed by atoms with van der Waals surface area (Å²) in [5, 5.41) is 26.2. The molecule has 0 saturated heterocycles. The van der Waals surface area contributed by atoms with Gasteiger partial charge in [-0.3, -0.25) is 9.78 Å². The molecule has 0 bridgehead atoms. The number of benzene rings is 2. The molecule has 1 unspecified atom stereocenters. The van der Waals surface area contributed by atoms with E-state index in [9.17, 15) is 32.7 Å². The molecule has 1 aliphatic rings. The lowest BCUT2D eigenvalue weighted by Crippen LogP contribution is -2.51. The zero-order chi connectivity index (χ0) is 30.3. The number of hydrogen-bond acceptors (Lipinski definition) is 8. The van der Waals surface area contributed by atoms with Crippen LogP contribution in [-0.2, 0) is 11.0 Å². The smallest absolute Gasteiger partial charge is 0.424 e. The van der Waals surface area contributed by atoms with Crippen LogP contribution >= 0.6 is 0 Å². The minimum absolute atomic E-state index is 0.0223. The van der Waals surface area contributed by atoms with Gasteiger partial charge in [-0.15, -0.1) is 5.16 Å². The molecule has 4 aromatic rings. The van der Waals surface area contributed by atoms with Gasteiger partial charge in [0.05, 0.1) is 31.0 Å². The minimum Gasteiger partial charge on any atom is -0.494 e. The molecule has 3 N–H and O–H groups in total. The summed E-state index contributed by atoms with van der Waals surface area (Å²) in [5.41, 5.74) is -5.02. The summed E-state index contributed by atoms with van der Waals surface area (Å²) in [5.74, 6) is -1.18. The number of ether oxygens (including phenoxy) is 2. The van der Waals surface area contributed by atoms with Gasteiger partial charge in [-0.1, -0.05) is 6.07 Å². The Labute approximate surface area is 236 Å².